The zero-order valence-corrected chi connectivity index (χ0v) is 15.5. The molecule has 0 unspecified atom stereocenters. The SMILES string of the molecule is C[C@@H]1CCCN(S(=O)(=O)c2nn(CCc3ccccc3)cc2C(=O)O)C1. The minimum atomic E-state index is -3.91. The van der Waals surface area contributed by atoms with Crippen LogP contribution in [0.25, 0.3) is 0 Å². The molecule has 1 aliphatic heterocycles. The van der Waals surface area contributed by atoms with Gasteiger partial charge in [-0.3, -0.25) is 4.68 Å². The smallest absolute Gasteiger partial charge is 0.340 e. The van der Waals surface area contributed by atoms with Crippen LogP contribution < -0.4 is 0 Å². The van der Waals surface area contributed by atoms with Crippen molar-refractivity contribution in [2.24, 2.45) is 5.92 Å². The van der Waals surface area contributed by atoms with Gasteiger partial charge in [-0.15, -0.1) is 0 Å². The van der Waals surface area contributed by atoms with E-state index in [4.69, 9.17) is 0 Å². The molecule has 0 saturated carbocycles. The lowest BCUT2D eigenvalue weighted by molar-refractivity contribution is 0.0692. The molecule has 2 aromatic rings. The lowest BCUT2D eigenvalue weighted by Crippen LogP contribution is -2.39. The Labute approximate surface area is 153 Å². The molecule has 1 fully saturated rings. The fourth-order valence-electron chi connectivity index (χ4n) is 3.23. The van der Waals surface area contributed by atoms with Crippen molar-refractivity contribution in [3.63, 3.8) is 0 Å². The number of aromatic nitrogens is 2. The minimum absolute atomic E-state index is 0.256. The van der Waals surface area contributed by atoms with Crippen LogP contribution in [0.4, 0.5) is 0 Å². The summed E-state index contributed by atoms with van der Waals surface area (Å²) in [5, 5.41) is 13.2. The van der Waals surface area contributed by atoms with Crippen molar-refractivity contribution >= 4 is 16.0 Å². The first-order valence-corrected chi connectivity index (χ1v) is 10.2. The predicted molar refractivity (Wildman–Crippen MR) is 96.5 cm³/mol. The topological polar surface area (TPSA) is 92.5 Å². The van der Waals surface area contributed by atoms with Gasteiger partial charge < -0.3 is 5.11 Å². The van der Waals surface area contributed by atoms with E-state index >= 15 is 0 Å². The molecule has 1 saturated heterocycles. The van der Waals surface area contributed by atoms with Crippen LogP contribution >= 0.6 is 0 Å². The molecule has 1 N–H and O–H groups in total. The zero-order valence-electron chi connectivity index (χ0n) is 14.7. The number of hydrogen-bond acceptors (Lipinski definition) is 4. The van der Waals surface area contributed by atoms with Crippen molar-refractivity contribution in [2.75, 3.05) is 13.1 Å². The maximum absolute atomic E-state index is 12.9. The minimum Gasteiger partial charge on any atom is -0.478 e. The van der Waals surface area contributed by atoms with E-state index in [-0.39, 0.29) is 16.5 Å². The van der Waals surface area contributed by atoms with Gasteiger partial charge in [0.25, 0.3) is 10.0 Å². The quantitative estimate of drug-likeness (QED) is 0.833. The van der Waals surface area contributed by atoms with Crippen molar-refractivity contribution < 1.29 is 18.3 Å². The highest BCUT2D eigenvalue weighted by Crippen LogP contribution is 2.25. The van der Waals surface area contributed by atoms with Gasteiger partial charge in [0.1, 0.15) is 5.56 Å². The van der Waals surface area contributed by atoms with Gasteiger partial charge >= 0.3 is 5.97 Å². The average molecular weight is 377 g/mol. The van der Waals surface area contributed by atoms with E-state index in [9.17, 15) is 18.3 Å². The summed E-state index contributed by atoms with van der Waals surface area (Å²) in [4.78, 5) is 11.6. The van der Waals surface area contributed by atoms with Crippen LogP contribution in [0.3, 0.4) is 0 Å². The van der Waals surface area contributed by atoms with E-state index in [1.54, 1.807) is 0 Å². The van der Waals surface area contributed by atoms with Crippen LogP contribution in [0, 0.1) is 5.92 Å². The van der Waals surface area contributed by atoms with Crippen LogP contribution in [0.5, 0.6) is 0 Å². The second-order valence-electron chi connectivity index (χ2n) is 6.76. The number of aryl methyl sites for hydroxylation is 2. The molecule has 26 heavy (non-hydrogen) atoms. The fourth-order valence-corrected chi connectivity index (χ4v) is 4.92. The zero-order chi connectivity index (χ0) is 18.7. The summed E-state index contributed by atoms with van der Waals surface area (Å²) in [6.45, 7) is 3.22. The highest BCUT2D eigenvalue weighted by Gasteiger charge is 2.34. The molecule has 2 heterocycles. The highest BCUT2D eigenvalue weighted by molar-refractivity contribution is 7.89. The molecule has 0 amide bonds. The average Bonchev–Trinajstić information content (AvgIpc) is 3.06. The summed E-state index contributed by atoms with van der Waals surface area (Å²) in [6, 6.07) is 9.70. The normalized spacial score (nSPS) is 18.7. The highest BCUT2D eigenvalue weighted by atomic mass is 32.2. The van der Waals surface area contributed by atoms with Crippen LogP contribution in [-0.2, 0) is 23.0 Å². The van der Waals surface area contributed by atoms with E-state index in [0.717, 1.165) is 18.4 Å². The van der Waals surface area contributed by atoms with Crippen molar-refractivity contribution in [1.29, 1.82) is 0 Å². The molecule has 0 radical (unpaired) electrons. The van der Waals surface area contributed by atoms with E-state index in [1.807, 2.05) is 37.3 Å². The number of carbonyl (C=O) groups is 1. The second kappa shape index (κ2) is 7.59. The molecule has 1 aromatic heterocycles. The number of rotatable bonds is 6. The van der Waals surface area contributed by atoms with E-state index in [0.29, 0.717) is 26.1 Å². The molecule has 140 valence electrons. The molecule has 0 spiro atoms. The van der Waals surface area contributed by atoms with Crippen molar-refractivity contribution in [2.45, 2.75) is 37.8 Å². The molecular formula is C18H23N3O4S. The van der Waals surface area contributed by atoms with Gasteiger partial charge in [-0.25, -0.2) is 13.2 Å². The van der Waals surface area contributed by atoms with Gasteiger partial charge in [-0.05, 0) is 30.7 Å². The molecule has 8 heteroatoms. The Morgan fingerprint density at radius 2 is 2.04 bits per heavy atom. The van der Waals surface area contributed by atoms with Gasteiger partial charge in [-0.1, -0.05) is 37.3 Å². The summed E-state index contributed by atoms with van der Waals surface area (Å²) in [7, 11) is -3.91. The van der Waals surface area contributed by atoms with Gasteiger partial charge in [0.2, 0.25) is 5.03 Å². The first-order valence-electron chi connectivity index (χ1n) is 8.73. The molecular weight excluding hydrogens is 354 g/mol. The molecule has 0 bridgehead atoms. The maximum atomic E-state index is 12.9. The Kier molecular flexibility index (Phi) is 5.43. The number of aromatic carboxylic acids is 1. The molecule has 7 nitrogen and oxygen atoms in total. The van der Waals surface area contributed by atoms with Crippen LogP contribution in [-0.4, -0.2) is 46.7 Å². The lowest BCUT2D eigenvalue weighted by Gasteiger charge is -2.29. The van der Waals surface area contributed by atoms with E-state index in [1.165, 1.54) is 15.2 Å². The Bertz CT molecular complexity index is 877. The first kappa shape index (κ1) is 18.6. The molecule has 1 aromatic carbocycles. The van der Waals surface area contributed by atoms with E-state index in [2.05, 4.69) is 5.10 Å². The number of hydrogen-bond donors (Lipinski definition) is 1. The molecule has 1 aliphatic rings. The Morgan fingerprint density at radius 1 is 1.31 bits per heavy atom. The van der Waals surface area contributed by atoms with Gasteiger partial charge in [-0.2, -0.15) is 9.40 Å². The maximum Gasteiger partial charge on any atom is 0.340 e. The first-order chi connectivity index (χ1) is 12.4. The lowest BCUT2D eigenvalue weighted by atomic mass is 10.0. The Balaban J connectivity index is 1.86. The summed E-state index contributed by atoms with van der Waals surface area (Å²) in [5.41, 5.74) is 0.811. The number of carboxylic acids is 1. The molecule has 0 aliphatic carbocycles. The fraction of sp³-hybridized carbons (Fsp3) is 0.444. The van der Waals surface area contributed by atoms with Crippen molar-refractivity contribution in [3.05, 3.63) is 47.7 Å². The number of benzene rings is 1. The number of carboxylic acid groups (broad SMARTS) is 1. The molecule has 1 atom stereocenters. The number of piperidine rings is 1. The third-order valence-corrected chi connectivity index (χ3v) is 6.44. The second-order valence-corrected chi connectivity index (χ2v) is 8.62. The van der Waals surface area contributed by atoms with Gasteiger partial charge in [0, 0.05) is 25.8 Å². The largest absolute Gasteiger partial charge is 0.478 e. The summed E-state index contributed by atoms with van der Waals surface area (Å²) < 4.78 is 28.6. The Morgan fingerprint density at radius 3 is 2.69 bits per heavy atom. The standard InChI is InChI=1S/C18H23N3O4S/c1-14-6-5-10-21(12-14)26(24,25)17-16(18(22)23)13-20(19-17)11-9-15-7-3-2-4-8-15/h2-4,7-8,13-14H,5-6,9-12H2,1H3,(H,22,23)/t14-/m1/s1. The summed E-state index contributed by atoms with van der Waals surface area (Å²) in [5.74, 6) is -1.02. The number of sulfonamides is 1. The van der Waals surface area contributed by atoms with Gasteiger partial charge in [0.15, 0.2) is 0 Å². The summed E-state index contributed by atoms with van der Waals surface area (Å²) in [6.07, 6.45) is 3.70. The van der Waals surface area contributed by atoms with Crippen LogP contribution in [0.15, 0.2) is 41.6 Å². The van der Waals surface area contributed by atoms with Crippen LogP contribution in [0.1, 0.15) is 35.7 Å². The third kappa shape index (κ3) is 3.96. The van der Waals surface area contributed by atoms with E-state index < -0.39 is 16.0 Å². The Hall–Kier alpha value is -2.19. The third-order valence-electron chi connectivity index (χ3n) is 4.63. The van der Waals surface area contributed by atoms with Crippen molar-refractivity contribution in [1.82, 2.24) is 14.1 Å². The number of nitrogens with zero attached hydrogens (tertiary/aromatic N) is 3. The van der Waals surface area contributed by atoms with Crippen molar-refractivity contribution in [3.8, 4) is 0 Å². The predicted octanol–water partition coefficient (Wildman–Crippen LogP) is 2.24. The monoisotopic (exact) mass is 377 g/mol. The van der Waals surface area contributed by atoms with Gasteiger partial charge in [0.05, 0.1) is 0 Å². The van der Waals surface area contributed by atoms with Crippen LogP contribution in [0.2, 0.25) is 0 Å². The summed E-state index contributed by atoms with van der Waals surface area (Å²) >= 11 is 0. The molecule has 3 rings (SSSR count).